The lowest BCUT2D eigenvalue weighted by Gasteiger charge is -2.15. The Balaban J connectivity index is 2.27. The molecule has 21 heavy (non-hydrogen) atoms. The molecule has 0 aliphatic heterocycles. The van der Waals surface area contributed by atoms with Gasteiger partial charge in [-0.1, -0.05) is 17.7 Å². The lowest BCUT2D eigenvalue weighted by Crippen LogP contribution is -2.37. The van der Waals surface area contributed by atoms with Gasteiger partial charge in [-0.15, -0.1) is 0 Å². The number of aromatic nitrogens is 2. The molecule has 1 heterocycles. The van der Waals surface area contributed by atoms with E-state index in [1.807, 2.05) is 0 Å². The number of anilines is 1. The summed E-state index contributed by atoms with van der Waals surface area (Å²) < 4.78 is 1.64. The highest BCUT2D eigenvalue weighted by Gasteiger charge is 2.19. The molecule has 1 atom stereocenters. The Morgan fingerprint density at radius 2 is 2.24 bits per heavy atom. The quantitative estimate of drug-likeness (QED) is 0.770. The first-order valence-corrected chi connectivity index (χ1v) is 6.42. The number of imidazole rings is 1. The number of aliphatic carboxylic acids is 1. The highest BCUT2D eigenvalue weighted by Crippen LogP contribution is 2.28. The maximum absolute atomic E-state index is 11.9. The van der Waals surface area contributed by atoms with Crippen molar-refractivity contribution in [1.82, 2.24) is 9.55 Å². The Kier molecular flexibility index (Phi) is 4.56. The number of carbonyl (C=O) groups excluding carboxylic acids is 1. The number of amides is 1. The summed E-state index contributed by atoms with van der Waals surface area (Å²) >= 11 is 6.14. The number of carboxylic acid groups (broad SMARTS) is 1. The van der Waals surface area contributed by atoms with Crippen LogP contribution in [0.5, 0.6) is 0 Å². The molecule has 1 aromatic carbocycles. The zero-order chi connectivity index (χ0) is 15.4. The highest BCUT2D eigenvalue weighted by molar-refractivity contribution is 6.33. The zero-order valence-electron chi connectivity index (χ0n) is 10.9. The summed E-state index contributed by atoms with van der Waals surface area (Å²) in [5.74, 6) is -1.74. The molecule has 0 spiro atoms. The maximum Gasteiger partial charge on any atom is 0.305 e. The molecule has 0 aliphatic rings. The van der Waals surface area contributed by atoms with Gasteiger partial charge in [0.15, 0.2) is 0 Å². The zero-order valence-corrected chi connectivity index (χ0v) is 11.6. The first-order valence-electron chi connectivity index (χ1n) is 6.04. The largest absolute Gasteiger partial charge is 0.481 e. The van der Waals surface area contributed by atoms with Crippen LogP contribution in [0.1, 0.15) is 6.42 Å². The number of nitrogens with one attached hydrogen (secondary N) is 1. The van der Waals surface area contributed by atoms with Crippen molar-refractivity contribution < 1.29 is 14.7 Å². The van der Waals surface area contributed by atoms with Gasteiger partial charge in [-0.3, -0.25) is 9.59 Å². The van der Waals surface area contributed by atoms with Crippen LogP contribution in [0.15, 0.2) is 36.9 Å². The van der Waals surface area contributed by atoms with Gasteiger partial charge in [0.1, 0.15) is 0 Å². The minimum atomic E-state index is -1.14. The fourth-order valence-corrected chi connectivity index (χ4v) is 2.05. The van der Waals surface area contributed by atoms with Crippen LogP contribution in [0.2, 0.25) is 5.02 Å². The summed E-state index contributed by atoms with van der Waals surface area (Å²) in [7, 11) is 0. The molecule has 1 amide bonds. The molecule has 0 bridgehead atoms. The highest BCUT2D eigenvalue weighted by atomic mass is 35.5. The van der Waals surface area contributed by atoms with Gasteiger partial charge in [-0.05, 0) is 12.1 Å². The second-order valence-corrected chi connectivity index (χ2v) is 4.71. The molecule has 2 rings (SSSR count). The SMILES string of the molecule is NC(CC(=O)O)C(=O)Nc1cccc(Cl)c1-n1ccnc1. The fourth-order valence-electron chi connectivity index (χ4n) is 1.78. The lowest BCUT2D eigenvalue weighted by molar-refractivity contribution is -0.138. The van der Waals surface area contributed by atoms with E-state index in [4.69, 9.17) is 22.4 Å². The summed E-state index contributed by atoms with van der Waals surface area (Å²) in [6.45, 7) is 0. The molecule has 2 aromatic rings. The van der Waals surface area contributed by atoms with Crippen LogP contribution in [0.25, 0.3) is 5.69 Å². The summed E-state index contributed by atoms with van der Waals surface area (Å²) in [6, 6.07) is 3.84. The molecule has 0 saturated carbocycles. The molecular formula is C13H13ClN4O3. The number of hydrogen-bond acceptors (Lipinski definition) is 4. The fraction of sp³-hybridized carbons (Fsp3) is 0.154. The Morgan fingerprint density at radius 1 is 1.48 bits per heavy atom. The van der Waals surface area contributed by atoms with E-state index in [0.29, 0.717) is 16.4 Å². The van der Waals surface area contributed by atoms with Gasteiger partial charge < -0.3 is 20.7 Å². The van der Waals surface area contributed by atoms with E-state index < -0.39 is 24.3 Å². The van der Waals surface area contributed by atoms with Crippen molar-refractivity contribution in [1.29, 1.82) is 0 Å². The van der Waals surface area contributed by atoms with Crippen LogP contribution in [0.4, 0.5) is 5.69 Å². The summed E-state index contributed by atoms with van der Waals surface area (Å²) in [4.78, 5) is 26.4. The minimum Gasteiger partial charge on any atom is -0.481 e. The molecule has 0 fully saturated rings. The van der Waals surface area contributed by atoms with Gasteiger partial charge in [0.25, 0.3) is 0 Å². The van der Waals surface area contributed by atoms with Crippen LogP contribution >= 0.6 is 11.6 Å². The van der Waals surface area contributed by atoms with Crippen LogP contribution in [-0.2, 0) is 9.59 Å². The number of hydrogen-bond donors (Lipinski definition) is 3. The number of benzene rings is 1. The predicted molar refractivity (Wildman–Crippen MR) is 77.4 cm³/mol. The number of carbonyl (C=O) groups is 2. The predicted octanol–water partition coefficient (Wildman–Crippen LogP) is 1.27. The van der Waals surface area contributed by atoms with Crippen molar-refractivity contribution in [2.45, 2.75) is 12.5 Å². The number of nitrogens with zero attached hydrogens (tertiary/aromatic N) is 2. The molecular weight excluding hydrogens is 296 g/mol. The topological polar surface area (TPSA) is 110 Å². The van der Waals surface area contributed by atoms with Crippen LogP contribution in [0, 0.1) is 0 Å². The van der Waals surface area contributed by atoms with Crippen LogP contribution in [-0.4, -0.2) is 32.6 Å². The first-order chi connectivity index (χ1) is 9.99. The van der Waals surface area contributed by atoms with Gasteiger partial charge in [-0.25, -0.2) is 4.98 Å². The molecule has 7 nitrogen and oxygen atoms in total. The molecule has 4 N–H and O–H groups in total. The number of nitrogens with two attached hydrogens (primary N) is 1. The van der Waals surface area contributed by atoms with Crippen molar-refractivity contribution in [3.63, 3.8) is 0 Å². The van der Waals surface area contributed by atoms with Gasteiger partial charge >= 0.3 is 5.97 Å². The molecule has 8 heteroatoms. The molecule has 0 aliphatic carbocycles. The second-order valence-electron chi connectivity index (χ2n) is 4.30. The van der Waals surface area contributed by atoms with E-state index in [2.05, 4.69) is 10.3 Å². The second kappa shape index (κ2) is 6.38. The number of halogens is 1. The third kappa shape index (κ3) is 3.59. The van der Waals surface area contributed by atoms with E-state index in [1.54, 1.807) is 35.2 Å². The lowest BCUT2D eigenvalue weighted by atomic mass is 10.2. The monoisotopic (exact) mass is 308 g/mol. The average Bonchev–Trinajstić information content (AvgIpc) is 2.91. The Morgan fingerprint density at radius 3 is 2.86 bits per heavy atom. The average molecular weight is 309 g/mol. The minimum absolute atomic E-state index is 0.414. The van der Waals surface area contributed by atoms with Gasteiger partial charge in [0.2, 0.25) is 5.91 Å². The van der Waals surface area contributed by atoms with Crippen LogP contribution in [0.3, 0.4) is 0 Å². The summed E-state index contributed by atoms with van der Waals surface area (Å²) in [5, 5.41) is 11.7. The standard InChI is InChI=1S/C13H13ClN4O3/c14-8-2-1-3-10(12(8)18-5-4-16-7-18)17-13(21)9(15)6-11(19)20/h1-5,7,9H,6,15H2,(H,17,21)(H,19,20). The van der Waals surface area contributed by atoms with E-state index in [9.17, 15) is 9.59 Å². The molecule has 0 saturated heterocycles. The molecule has 1 unspecified atom stereocenters. The van der Waals surface area contributed by atoms with E-state index in [-0.39, 0.29) is 0 Å². The molecule has 1 aromatic heterocycles. The number of rotatable bonds is 5. The van der Waals surface area contributed by atoms with Crippen molar-refractivity contribution in [2.75, 3.05) is 5.32 Å². The Bertz CT molecular complexity index is 657. The Labute approximate surface area is 125 Å². The Hall–Kier alpha value is -2.38. The maximum atomic E-state index is 11.9. The number of carboxylic acids is 1. The normalized spacial score (nSPS) is 11.9. The van der Waals surface area contributed by atoms with Crippen molar-refractivity contribution in [2.24, 2.45) is 5.73 Å². The van der Waals surface area contributed by atoms with E-state index in [0.717, 1.165) is 0 Å². The smallest absolute Gasteiger partial charge is 0.305 e. The summed E-state index contributed by atoms with van der Waals surface area (Å²) in [6.07, 6.45) is 4.33. The van der Waals surface area contributed by atoms with Crippen LogP contribution < -0.4 is 11.1 Å². The molecule has 110 valence electrons. The third-order valence-corrected chi connectivity index (χ3v) is 3.04. The van der Waals surface area contributed by atoms with Gasteiger partial charge in [-0.2, -0.15) is 0 Å². The molecule has 0 radical (unpaired) electrons. The summed E-state index contributed by atoms with van der Waals surface area (Å²) in [5.41, 5.74) is 6.49. The third-order valence-electron chi connectivity index (χ3n) is 2.74. The van der Waals surface area contributed by atoms with Crippen molar-refractivity contribution in [3.8, 4) is 5.69 Å². The van der Waals surface area contributed by atoms with Crippen molar-refractivity contribution in [3.05, 3.63) is 41.9 Å². The first kappa shape index (κ1) is 15.0. The van der Waals surface area contributed by atoms with E-state index in [1.165, 1.54) is 6.33 Å². The van der Waals surface area contributed by atoms with E-state index >= 15 is 0 Å². The number of para-hydroxylation sites is 1. The van der Waals surface area contributed by atoms with Gasteiger partial charge in [0.05, 0.1) is 35.2 Å². The van der Waals surface area contributed by atoms with Crippen molar-refractivity contribution >= 4 is 29.2 Å². The van der Waals surface area contributed by atoms with Gasteiger partial charge in [0, 0.05) is 12.4 Å².